The summed E-state index contributed by atoms with van der Waals surface area (Å²) >= 11 is 6.00. The number of aromatic nitrogens is 2. The Bertz CT molecular complexity index is 612. The first-order chi connectivity index (χ1) is 9.00. The number of nitrogens with two attached hydrogens (primary N) is 1. The van der Waals surface area contributed by atoms with Crippen LogP contribution in [0, 0.1) is 0 Å². The van der Waals surface area contributed by atoms with Crippen molar-refractivity contribution in [2.45, 2.75) is 19.8 Å². The Morgan fingerprint density at radius 1 is 1.32 bits per heavy atom. The van der Waals surface area contributed by atoms with Crippen LogP contribution in [-0.4, -0.2) is 15.9 Å². The van der Waals surface area contributed by atoms with Gasteiger partial charge in [0, 0.05) is 18.0 Å². The summed E-state index contributed by atoms with van der Waals surface area (Å²) in [5, 5.41) is 0.147. The smallest absolute Gasteiger partial charge is 0.251 e. The first-order valence-electron chi connectivity index (χ1n) is 5.91. The van der Waals surface area contributed by atoms with E-state index >= 15 is 0 Å². The fraction of sp³-hybridized carbons (Fsp3) is 0.214. The summed E-state index contributed by atoms with van der Waals surface area (Å²) in [6, 6.07) is 5.42. The zero-order chi connectivity index (χ0) is 14.0. The summed E-state index contributed by atoms with van der Waals surface area (Å²) in [4.78, 5) is 19.7. The van der Waals surface area contributed by atoms with E-state index < -0.39 is 5.91 Å². The minimum atomic E-state index is -0.580. The maximum atomic E-state index is 11.4. The Balaban J connectivity index is 2.70. The highest BCUT2D eigenvalue weighted by Crippen LogP contribution is 2.30. The summed E-state index contributed by atoms with van der Waals surface area (Å²) in [7, 11) is 0. The predicted molar refractivity (Wildman–Crippen MR) is 75.1 cm³/mol. The number of nitrogens with zero attached hydrogens (tertiary/aromatic N) is 2. The SMILES string of the molecule is CC(C)c1nc(Cl)c(C(N)=O)cc1-c1ccncc1. The lowest BCUT2D eigenvalue weighted by Crippen LogP contribution is -2.13. The number of rotatable bonds is 3. The van der Waals surface area contributed by atoms with Gasteiger partial charge in [0.25, 0.3) is 5.91 Å². The van der Waals surface area contributed by atoms with Gasteiger partial charge < -0.3 is 5.73 Å². The molecule has 0 spiro atoms. The first-order valence-corrected chi connectivity index (χ1v) is 6.29. The molecule has 98 valence electrons. The van der Waals surface area contributed by atoms with Crippen molar-refractivity contribution in [3.05, 3.63) is 47.0 Å². The van der Waals surface area contributed by atoms with E-state index in [0.717, 1.165) is 16.8 Å². The van der Waals surface area contributed by atoms with Crippen LogP contribution in [0.2, 0.25) is 5.15 Å². The second kappa shape index (κ2) is 5.36. The van der Waals surface area contributed by atoms with Gasteiger partial charge in [0.15, 0.2) is 0 Å². The van der Waals surface area contributed by atoms with E-state index in [1.807, 2.05) is 26.0 Å². The van der Waals surface area contributed by atoms with Crippen molar-refractivity contribution in [1.82, 2.24) is 9.97 Å². The summed E-state index contributed by atoms with van der Waals surface area (Å²) < 4.78 is 0. The van der Waals surface area contributed by atoms with Gasteiger partial charge in [0.05, 0.1) is 11.3 Å². The van der Waals surface area contributed by atoms with Gasteiger partial charge in [-0.1, -0.05) is 25.4 Å². The monoisotopic (exact) mass is 275 g/mol. The van der Waals surface area contributed by atoms with Gasteiger partial charge in [-0.2, -0.15) is 0 Å². The lowest BCUT2D eigenvalue weighted by molar-refractivity contribution is 0.1000. The molecular formula is C14H14ClN3O. The minimum absolute atomic E-state index is 0.147. The maximum absolute atomic E-state index is 11.4. The van der Waals surface area contributed by atoms with E-state index in [4.69, 9.17) is 17.3 Å². The average molecular weight is 276 g/mol. The zero-order valence-electron chi connectivity index (χ0n) is 10.7. The van der Waals surface area contributed by atoms with Crippen LogP contribution in [0.15, 0.2) is 30.6 Å². The van der Waals surface area contributed by atoms with Gasteiger partial charge >= 0.3 is 0 Å². The third-order valence-electron chi connectivity index (χ3n) is 2.81. The van der Waals surface area contributed by atoms with Crippen molar-refractivity contribution >= 4 is 17.5 Å². The normalized spacial score (nSPS) is 10.7. The molecule has 0 aliphatic rings. The van der Waals surface area contributed by atoms with E-state index in [2.05, 4.69) is 9.97 Å². The summed E-state index contributed by atoms with van der Waals surface area (Å²) in [6.07, 6.45) is 3.38. The topological polar surface area (TPSA) is 68.9 Å². The molecule has 0 saturated heterocycles. The number of halogens is 1. The Morgan fingerprint density at radius 3 is 2.47 bits per heavy atom. The van der Waals surface area contributed by atoms with Crippen LogP contribution in [0.1, 0.15) is 35.8 Å². The van der Waals surface area contributed by atoms with E-state index in [9.17, 15) is 4.79 Å². The van der Waals surface area contributed by atoms with Crippen LogP contribution in [0.4, 0.5) is 0 Å². The summed E-state index contributed by atoms with van der Waals surface area (Å²) in [5.74, 6) is -0.397. The highest BCUT2D eigenvalue weighted by atomic mass is 35.5. The van der Waals surface area contributed by atoms with E-state index in [1.165, 1.54) is 0 Å². The fourth-order valence-corrected chi connectivity index (χ4v) is 2.12. The van der Waals surface area contributed by atoms with Gasteiger partial charge in [-0.05, 0) is 29.7 Å². The zero-order valence-corrected chi connectivity index (χ0v) is 11.5. The molecule has 0 atom stereocenters. The lowest BCUT2D eigenvalue weighted by Gasteiger charge is -2.14. The van der Waals surface area contributed by atoms with Crippen LogP contribution >= 0.6 is 11.6 Å². The number of pyridine rings is 2. The molecule has 0 radical (unpaired) electrons. The molecule has 0 bridgehead atoms. The third-order valence-corrected chi connectivity index (χ3v) is 3.10. The molecule has 2 aromatic heterocycles. The molecule has 0 unspecified atom stereocenters. The maximum Gasteiger partial charge on any atom is 0.251 e. The molecule has 5 heteroatoms. The van der Waals surface area contributed by atoms with Gasteiger partial charge in [-0.25, -0.2) is 4.98 Å². The van der Waals surface area contributed by atoms with E-state index in [-0.39, 0.29) is 16.6 Å². The van der Waals surface area contributed by atoms with E-state index in [0.29, 0.717) is 0 Å². The molecule has 0 saturated carbocycles. The second-order valence-corrected chi connectivity index (χ2v) is 4.87. The largest absolute Gasteiger partial charge is 0.366 e. The van der Waals surface area contributed by atoms with E-state index in [1.54, 1.807) is 18.5 Å². The molecule has 4 nitrogen and oxygen atoms in total. The van der Waals surface area contributed by atoms with Gasteiger partial charge in [-0.3, -0.25) is 9.78 Å². The van der Waals surface area contributed by atoms with Crippen molar-refractivity contribution in [3.63, 3.8) is 0 Å². The molecule has 2 aromatic rings. The number of amides is 1. The number of hydrogen-bond acceptors (Lipinski definition) is 3. The number of hydrogen-bond donors (Lipinski definition) is 1. The van der Waals surface area contributed by atoms with Crippen LogP contribution in [0.3, 0.4) is 0 Å². The predicted octanol–water partition coefficient (Wildman–Crippen LogP) is 3.02. The lowest BCUT2D eigenvalue weighted by atomic mass is 9.97. The number of primary amides is 1. The molecule has 0 aromatic carbocycles. The van der Waals surface area contributed by atoms with Crippen molar-refractivity contribution in [1.29, 1.82) is 0 Å². The Kier molecular flexibility index (Phi) is 3.81. The Hall–Kier alpha value is -1.94. The first kappa shape index (κ1) is 13.5. The van der Waals surface area contributed by atoms with Crippen molar-refractivity contribution in [2.24, 2.45) is 5.73 Å². The van der Waals surface area contributed by atoms with Crippen LogP contribution in [0.5, 0.6) is 0 Å². The minimum Gasteiger partial charge on any atom is -0.366 e. The van der Waals surface area contributed by atoms with Gasteiger partial charge in [0.1, 0.15) is 5.15 Å². The van der Waals surface area contributed by atoms with Crippen LogP contribution < -0.4 is 5.73 Å². The van der Waals surface area contributed by atoms with Gasteiger partial charge in [-0.15, -0.1) is 0 Å². The quantitative estimate of drug-likeness (QED) is 0.876. The molecular weight excluding hydrogens is 262 g/mol. The highest BCUT2D eigenvalue weighted by Gasteiger charge is 2.17. The molecule has 0 aliphatic carbocycles. The summed E-state index contributed by atoms with van der Waals surface area (Å²) in [6.45, 7) is 4.04. The average Bonchev–Trinajstić information content (AvgIpc) is 2.38. The molecule has 2 heterocycles. The molecule has 0 aliphatic heterocycles. The number of carbonyl (C=O) groups excluding carboxylic acids is 1. The van der Waals surface area contributed by atoms with Crippen molar-refractivity contribution in [3.8, 4) is 11.1 Å². The van der Waals surface area contributed by atoms with Crippen molar-refractivity contribution in [2.75, 3.05) is 0 Å². The third kappa shape index (κ3) is 2.74. The summed E-state index contributed by atoms with van der Waals surface area (Å²) in [5.41, 5.74) is 8.17. The fourth-order valence-electron chi connectivity index (χ4n) is 1.88. The number of carbonyl (C=O) groups is 1. The standard InChI is InChI=1S/C14H14ClN3O/c1-8(2)12-10(9-3-5-17-6-4-9)7-11(14(16)19)13(15)18-12/h3-8H,1-2H3,(H2,16,19). The van der Waals surface area contributed by atoms with Gasteiger partial charge in [0.2, 0.25) is 0 Å². The van der Waals surface area contributed by atoms with Crippen LogP contribution in [-0.2, 0) is 0 Å². The highest BCUT2D eigenvalue weighted by molar-refractivity contribution is 6.32. The molecule has 1 amide bonds. The Labute approximate surface area is 116 Å². The Morgan fingerprint density at radius 2 is 1.95 bits per heavy atom. The molecule has 19 heavy (non-hydrogen) atoms. The molecule has 0 fully saturated rings. The molecule has 2 N–H and O–H groups in total. The van der Waals surface area contributed by atoms with Crippen LogP contribution in [0.25, 0.3) is 11.1 Å². The molecule has 2 rings (SSSR count). The van der Waals surface area contributed by atoms with Crippen molar-refractivity contribution < 1.29 is 4.79 Å². The second-order valence-electron chi connectivity index (χ2n) is 4.51.